The number of rotatable bonds is 1. The molecule has 1 saturated carbocycles. The van der Waals surface area contributed by atoms with E-state index in [0.717, 1.165) is 32.3 Å². The van der Waals surface area contributed by atoms with E-state index in [1.165, 1.54) is 32.1 Å². The molecule has 2 aliphatic heterocycles. The highest BCUT2D eigenvalue weighted by Gasteiger charge is 2.52. The summed E-state index contributed by atoms with van der Waals surface area (Å²) in [5, 5.41) is 3.78. The highest BCUT2D eigenvalue weighted by atomic mass is 16.5. The molecule has 0 aromatic heterocycles. The largest absolute Gasteiger partial charge is 0.381 e. The number of ether oxygens (including phenoxy) is 2. The maximum Gasteiger partial charge on any atom is 0.0843 e. The number of morpholine rings is 1. The summed E-state index contributed by atoms with van der Waals surface area (Å²) < 4.78 is 11.8. The smallest absolute Gasteiger partial charge is 0.0843 e. The first kappa shape index (κ1) is 12.9. The topological polar surface area (TPSA) is 30.5 Å². The fraction of sp³-hybridized carbons (Fsp3) is 1.00. The minimum Gasteiger partial charge on any atom is -0.381 e. The molecule has 2 atom stereocenters. The van der Waals surface area contributed by atoms with E-state index < -0.39 is 0 Å². The lowest BCUT2D eigenvalue weighted by Gasteiger charge is -2.47. The Hall–Kier alpha value is -0.120. The van der Waals surface area contributed by atoms with Crippen LogP contribution in [0.15, 0.2) is 0 Å². The number of hydrogen-bond acceptors (Lipinski definition) is 3. The minimum absolute atomic E-state index is 0.115. The van der Waals surface area contributed by atoms with Gasteiger partial charge < -0.3 is 14.8 Å². The van der Waals surface area contributed by atoms with Crippen LogP contribution in [0.3, 0.4) is 0 Å². The van der Waals surface area contributed by atoms with Crippen molar-refractivity contribution in [3.8, 4) is 0 Å². The molecule has 2 heterocycles. The van der Waals surface area contributed by atoms with Crippen LogP contribution in [-0.2, 0) is 9.47 Å². The second kappa shape index (κ2) is 4.77. The van der Waals surface area contributed by atoms with Crippen molar-refractivity contribution in [1.29, 1.82) is 0 Å². The summed E-state index contributed by atoms with van der Waals surface area (Å²) in [7, 11) is 0. The van der Waals surface area contributed by atoms with Crippen LogP contribution < -0.4 is 5.32 Å². The van der Waals surface area contributed by atoms with Crippen LogP contribution in [0.1, 0.15) is 46.0 Å². The summed E-state index contributed by atoms with van der Waals surface area (Å²) in [4.78, 5) is 0. The van der Waals surface area contributed by atoms with Gasteiger partial charge in [-0.3, -0.25) is 0 Å². The maximum absolute atomic E-state index is 6.32. The van der Waals surface area contributed by atoms with Crippen molar-refractivity contribution in [1.82, 2.24) is 5.32 Å². The summed E-state index contributed by atoms with van der Waals surface area (Å²) in [6, 6.07) is 0.553. The second-order valence-corrected chi connectivity index (χ2v) is 7.14. The Bertz CT molecular complexity index is 299. The van der Waals surface area contributed by atoms with Gasteiger partial charge in [0.25, 0.3) is 0 Å². The Balaban J connectivity index is 1.77. The molecule has 1 spiro atoms. The molecule has 0 radical (unpaired) electrons. The fourth-order valence-corrected chi connectivity index (χ4v) is 4.32. The van der Waals surface area contributed by atoms with Gasteiger partial charge in [-0.05, 0) is 43.4 Å². The molecule has 1 aliphatic carbocycles. The van der Waals surface area contributed by atoms with Crippen LogP contribution >= 0.6 is 0 Å². The molecule has 3 nitrogen and oxygen atoms in total. The highest BCUT2D eigenvalue weighted by molar-refractivity contribution is 5.06. The first-order chi connectivity index (χ1) is 8.61. The second-order valence-electron chi connectivity index (χ2n) is 7.14. The summed E-state index contributed by atoms with van der Waals surface area (Å²) in [5.74, 6) is 0.743. The van der Waals surface area contributed by atoms with Crippen molar-refractivity contribution in [3.63, 3.8) is 0 Å². The lowest BCUT2D eigenvalue weighted by atomic mass is 9.76. The molecule has 1 N–H and O–H groups in total. The zero-order valence-corrected chi connectivity index (χ0v) is 11.8. The van der Waals surface area contributed by atoms with Gasteiger partial charge >= 0.3 is 0 Å². The van der Waals surface area contributed by atoms with E-state index in [1.54, 1.807) is 0 Å². The van der Waals surface area contributed by atoms with Crippen molar-refractivity contribution in [2.45, 2.75) is 57.6 Å². The van der Waals surface area contributed by atoms with Gasteiger partial charge in [0, 0.05) is 25.8 Å². The van der Waals surface area contributed by atoms with E-state index in [9.17, 15) is 0 Å². The molecule has 3 aliphatic rings. The maximum atomic E-state index is 6.32. The van der Waals surface area contributed by atoms with E-state index in [1.807, 2.05) is 0 Å². The predicted molar refractivity (Wildman–Crippen MR) is 71.6 cm³/mol. The molecule has 0 amide bonds. The van der Waals surface area contributed by atoms with Crippen molar-refractivity contribution in [2.24, 2.45) is 11.3 Å². The lowest BCUT2D eigenvalue weighted by molar-refractivity contribution is -0.120. The molecule has 3 heteroatoms. The summed E-state index contributed by atoms with van der Waals surface area (Å²) >= 11 is 0. The normalized spacial score (nSPS) is 41.3. The van der Waals surface area contributed by atoms with E-state index in [-0.39, 0.29) is 5.60 Å². The van der Waals surface area contributed by atoms with Crippen LogP contribution in [0.2, 0.25) is 0 Å². The molecule has 3 fully saturated rings. The SMILES string of the molecule is CC1(C)CCC2(C1)OCCNC2C1CCOCC1. The Morgan fingerprint density at radius 2 is 1.83 bits per heavy atom. The zero-order chi connectivity index (χ0) is 12.6. The van der Waals surface area contributed by atoms with Gasteiger partial charge in [0.05, 0.1) is 12.2 Å². The van der Waals surface area contributed by atoms with Gasteiger partial charge in [-0.15, -0.1) is 0 Å². The van der Waals surface area contributed by atoms with Gasteiger partial charge in [-0.25, -0.2) is 0 Å². The van der Waals surface area contributed by atoms with Gasteiger partial charge in [-0.2, -0.15) is 0 Å². The van der Waals surface area contributed by atoms with Crippen molar-refractivity contribution in [2.75, 3.05) is 26.4 Å². The van der Waals surface area contributed by atoms with Crippen LogP contribution in [-0.4, -0.2) is 38.0 Å². The van der Waals surface area contributed by atoms with Gasteiger partial charge in [0.15, 0.2) is 0 Å². The summed E-state index contributed by atoms with van der Waals surface area (Å²) in [6.07, 6.45) is 6.14. The third-order valence-electron chi connectivity index (χ3n) is 5.16. The average Bonchev–Trinajstić information content (AvgIpc) is 2.67. The molecule has 3 rings (SSSR count). The van der Waals surface area contributed by atoms with Crippen molar-refractivity contribution in [3.05, 3.63) is 0 Å². The van der Waals surface area contributed by atoms with E-state index in [4.69, 9.17) is 9.47 Å². The van der Waals surface area contributed by atoms with Crippen molar-refractivity contribution < 1.29 is 9.47 Å². The number of hydrogen-bond donors (Lipinski definition) is 1. The molecule has 104 valence electrons. The first-order valence-corrected chi connectivity index (χ1v) is 7.57. The Morgan fingerprint density at radius 3 is 2.50 bits per heavy atom. The number of nitrogens with one attached hydrogen (secondary N) is 1. The highest BCUT2D eigenvalue weighted by Crippen LogP contribution is 2.50. The van der Waals surface area contributed by atoms with Crippen LogP contribution in [0.4, 0.5) is 0 Å². The summed E-state index contributed by atoms with van der Waals surface area (Å²) in [6.45, 7) is 8.55. The van der Waals surface area contributed by atoms with Crippen LogP contribution in [0.5, 0.6) is 0 Å². The molecule has 0 aromatic carbocycles. The van der Waals surface area contributed by atoms with Gasteiger partial charge in [0.1, 0.15) is 0 Å². The van der Waals surface area contributed by atoms with Gasteiger partial charge in [0.2, 0.25) is 0 Å². The lowest BCUT2D eigenvalue weighted by Crippen LogP contribution is -2.60. The Labute approximate surface area is 111 Å². The Morgan fingerprint density at radius 1 is 1.06 bits per heavy atom. The fourth-order valence-electron chi connectivity index (χ4n) is 4.32. The van der Waals surface area contributed by atoms with E-state index in [0.29, 0.717) is 11.5 Å². The van der Waals surface area contributed by atoms with E-state index in [2.05, 4.69) is 19.2 Å². The molecular formula is C15H27NO2. The zero-order valence-electron chi connectivity index (χ0n) is 11.8. The monoisotopic (exact) mass is 253 g/mol. The van der Waals surface area contributed by atoms with Gasteiger partial charge in [-0.1, -0.05) is 13.8 Å². The molecule has 18 heavy (non-hydrogen) atoms. The quantitative estimate of drug-likeness (QED) is 0.778. The van der Waals surface area contributed by atoms with Crippen LogP contribution in [0, 0.1) is 11.3 Å². The van der Waals surface area contributed by atoms with Crippen LogP contribution in [0.25, 0.3) is 0 Å². The Kier molecular flexibility index (Phi) is 3.41. The first-order valence-electron chi connectivity index (χ1n) is 7.57. The standard InChI is InChI=1S/C15H27NO2/c1-14(2)5-6-15(11-14)13(16-7-10-18-15)12-3-8-17-9-4-12/h12-13,16H,3-11H2,1-2H3. The third-order valence-corrected chi connectivity index (χ3v) is 5.16. The molecule has 0 bridgehead atoms. The average molecular weight is 253 g/mol. The van der Waals surface area contributed by atoms with Crippen molar-refractivity contribution >= 4 is 0 Å². The van der Waals surface area contributed by atoms with E-state index >= 15 is 0 Å². The predicted octanol–water partition coefficient (Wildman–Crippen LogP) is 2.35. The molecule has 2 unspecified atom stereocenters. The molecular weight excluding hydrogens is 226 g/mol. The minimum atomic E-state index is 0.115. The molecule has 2 saturated heterocycles. The third kappa shape index (κ3) is 2.33. The molecule has 0 aromatic rings. The summed E-state index contributed by atoms with van der Waals surface area (Å²) in [5.41, 5.74) is 0.562.